The Hall–Kier alpha value is -5.15. The molecule has 2 atom stereocenters. The number of nitrogens with zero attached hydrogens (tertiary/aromatic N) is 4. The number of pyridine rings is 1. The zero-order valence-corrected chi connectivity index (χ0v) is 28.4. The molecule has 50 heavy (non-hydrogen) atoms. The molecule has 16 heteroatoms. The molecule has 1 saturated carbocycles. The lowest BCUT2D eigenvalue weighted by Gasteiger charge is -2.35. The van der Waals surface area contributed by atoms with E-state index < -0.39 is 42.6 Å². The van der Waals surface area contributed by atoms with E-state index >= 15 is 0 Å². The monoisotopic (exact) mass is 696 g/mol. The second kappa shape index (κ2) is 16.5. The van der Waals surface area contributed by atoms with Crippen LogP contribution in [0.25, 0.3) is 10.9 Å². The average Bonchev–Trinajstić information content (AvgIpc) is 3.78. The van der Waals surface area contributed by atoms with Crippen LogP contribution >= 0.6 is 0 Å². The summed E-state index contributed by atoms with van der Waals surface area (Å²) in [7, 11) is 0. The first-order chi connectivity index (χ1) is 24.1. The van der Waals surface area contributed by atoms with Gasteiger partial charge >= 0.3 is 12.1 Å². The van der Waals surface area contributed by atoms with Crippen molar-refractivity contribution < 1.29 is 48.1 Å². The molecule has 270 valence electrons. The van der Waals surface area contributed by atoms with Gasteiger partial charge in [0.05, 0.1) is 18.7 Å². The Morgan fingerprint density at radius 2 is 1.68 bits per heavy atom. The molecule has 0 bridgehead atoms. The number of nitrogens with one attached hydrogen (secondary N) is 2. The first kappa shape index (κ1) is 36.1. The van der Waals surface area contributed by atoms with Crippen molar-refractivity contribution in [2.24, 2.45) is 0 Å². The molecule has 0 radical (unpaired) electrons. The van der Waals surface area contributed by atoms with Gasteiger partial charge in [-0.2, -0.15) is 0 Å². The van der Waals surface area contributed by atoms with E-state index in [9.17, 15) is 33.9 Å². The van der Waals surface area contributed by atoms with E-state index in [1.165, 1.54) is 20.8 Å². The number of hydrogen-bond acceptors (Lipinski definition) is 10. The van der Waals surface area contributed by atoms with E-state index in [2.05, 4.69) is 15.6 Å². The Morgan fingerprint density at radius 1 is 0.940 bits per heavy atom. The number of fused-ring (bicyclic) bond motifs is 1. The molecule has 0 spiro atoms. The number of carbonyl (C=O) groups excluding carboxylic acids is 5. The van der Waals surface area contributed by atoms with E-state index in [0.717, 1.165) is 12.8 Å². The van der Waals surface area contributed by atoms with Crippen LogP contribution in [0.3, 0.4) is 0 Å². The highest BCUT2D eigenvalue weighted by Crippen LogP contribution is 2.30. The van der Waals surface area contributed by atoms with Crippen LogP contribution in [0.2, 0.25) is 0 Å². The minimum atomic E-state index is -1.19. The fourth-order valence-corrected chi connectivity index (χ4v) is 6.05. The van der Waals surface area contributed by atoms with Gasteiger partial charge in [0, 0.05) is 56.6 Å². The van der Waals surface area contributed by atoms with E-state index in [0.29, 0.717) is 42.6 Å². The third-order valence-corrected chi connectivity index (χ3v) is 8.80. The zero-order valence-electron chi connectivity index (χ0n) is 28.4. The number of carbonyl (C=O) groups is 6. The molecule has 5 amide bonds. The van der Waals surface area contributed by atoms with Crippen molar-refractivity contribution in [3.05, 3.63) is 30.0 Å². The standard InChI is InChI=1S/C34H44N6O10/c1-3-48-22-9-10-24-23(18-22)28(50-20-29(41)40-13-5-6-27(40)32(45)35-21-7-8-21)19-26(36-24)31(44)37-25(11-12-30(42)43)33(46)38-14-16-39(17-15-38)34(47)49-4-2/h9-10,18-19,21,25,27H,3-8,11-17,20H2,1-2H3,(H,35,45)(H,37,44)(H,42,43)/t25-,27-/m0/s1. The Labute approximate surface area is 289 Å². The van der Waals surface area contributed by atoms with E-state index in [1.54, 1.807) is 25.1 Å². The molecule has 3 fully saturated rings. The van der Waals surface area contributed by atoms with Crippen LogP contribution in [0.15, 0.2) is 24.3 Å². The normalized spacial score (nSPS) is 18.0. The van der Waals surface area contributed by atoms with E-state index in [-0.39, 0.29) is 74.9 Å². The van der Waals surface area contributed by atoms with Crippen LogP contribution in [0, 0.1) is 0 Å². The highest BCUT2D eigenvalue weighted by molar-refractivity contribution is 6.00. The predicted octanol–water partition coefficient (Wildman–Crippen LogP) is 1.55. The molecular weight excluding hydrogens is 652 g/mol. The number of amides is 5. The second-order valence-corrected chi connectivity index (χ2v) is 12.4. The average molecular weight is 697 g/mol. The summed E-state index contributed by atoms with van der Waals surface area (Å²) in [6.45, 7) is 4.99. The lowest BCUT2D eigenvalue weighted by Crippen LogP contribution is -2.56. The molecule has 3 aliphatic rings. The van der Waals surface area contributed by atoms with Crippen molar-refractivity contribution in [3.8, 4) is 11.5 Å². The topological polar surface area (TPSA) is 197 Å². The first-order valence-corrected chi connectivity index (χ1v) is 17.1. The van der Waals surface area contributed by atoms with Crippen molar-refractivity contribution in [3.63, 3.8) is 0 Å². The highest BCUT2D eigenvalue weighted by atomic mass is 16.6. The van der Waals surface area contributed by atoms with Gasteiger partial charge < -0.3 is 44.7 Å². The minimum Gasteiger partial charge on any atom is -0.494 e. The summed E-state index contributed by atoms with van der Waals surface area (Å²) in [5.74, 6) is -2.23. The molecule has 2 aromatic rings. The number of carboxylic acids is 1. The Morgan fingerprint density at radius 3 is 2.36 bits per heavy atom. The lowest BCUT2D eigenvalue weighted by molar-refractivity contribution is -0.140. The van der Waals surface area contributed by atoms with Crippen molar-refractivity contribution in [1.29, 1.82) is 0 Å². The number of piperazine rings is 1. The van der Waals surface area contributed by atoms with Crippen LogP contribution in [-0.2, 0) is 23.9 Å². The van der Waals surface area contributed by atoms with Crippen LogP contribution in [-0.4, -0.2) is 131 Å². The molecule has 1 aromatic heterocycles. The number of likely N-dealkylation sites (tertiary alicyclic amines) is 1. The van der Waals surface area contributed by atoms with Gasteiger partial charge in [0.15, 0.2) is 6.61 Å². The molecule has 5 rings (SSSR count). The molecular formula is C34H44N6O10. The number of rotatable bonds is 14. The summed E-state index contributed by atoms with van der Waals surface area (Å²) in [6.07, 6.45) is 2.10. The lowest BCUT2D eigenvalue weighted by atomic mass is 10.1. The third-order valence-electron chi connectivity index (χ3n) is 8.80. The summed E-state index contributed by atoms with van der Waals surface area (Å²) in [4.78, 5) is 85.8. The Bertz CT molecular complexity index is 1610. The Kier molecular flexibility index (Phi) is 11.9. The zero-order chi connectivity index (χ0) is 35.8. The quantitative estimate of drug-likeness (QED) is 0.259. The van der Waals surface area contributed by atoms with E-state index in [4.69, 9.17) is 14.2 Å². The summed E-state index contributed by atoms with van der Waals surface area (Å²) < 4.78 is 16.7. The van der Waals surface area contributed by atoms with Crippen molar-refractivity contribution in [2.45, 2.75) is 70.5 Å². The molecule has 1 aliphatic carbocycles. The Balaban J connectivity index is 1.33. The molecule has 3 heterocycles. The van der Waals surface area contributed by atoms with Crippen LogP contribution < -0.4 is 20.1 Å². The van der Waals surface area contributed by atoms with Crippen molar-refractivity contribution in [2.75, 3.05) is 52.5 Å². The summed E-state index contributed by atoms with van der Waals surface area (Å²) in [5, 5.41) is 15.4. The fraction of sp³-hybridized carbons (Fsp3) is 0.559. The maximum atomic E-state index is 13.7. The van der Waals surface area contributed by atoms with Gasteiger partial charge in [-0.3, -0.25) is 24.0 Å². The van der Waals surface area contributed by atoms with Gasteiger partial charge in [-0.1, -0.05) is 0 Å². The maximum absolute atomic E-state index is 13.7. The van der Waals surface area contributed by atoms with Gasteiger partial charge in [0.2, 0.25) is 11.8 Å². The van der Waals surface area contributed by atoms with Crippen LogP contribution in [0.1, 0.15) is 62.9 Å². The molecule has 2 aliphatic heterocycles. The number of ether oxygens (including phenoxy) is 3. The molecule has 1 aromatic carbocycles. The SMILES string of the molecule is CCOC(=O)N1CCN(C(=O)[C@H](CCC(=O)O)NC(=O)c2cc(OCC(=O)N3CCC[C@H]3C(=O)NC3CC3)c3cc(OCC)ccc3n2)CC1. The predicted molar refractivity (Wildman–Crippen MR) is 178 cm³/mol. The number of benzene rings is 1. The molecule has 16 nitrogen and oxygen atoms in total. The number of carboxylic acid groups (broad SMARTS) is 1. The third kappa shape index (κ3) is 9.09. The fourth-order valence-electron chi connectivity index (χ4n) is 6.05. The van der Waals surface area contributed by atoms with Gasteiger partial charge in [-0.25, -0.2) is 9.78 Å². The van der Waals surface area contributed by atoms with Crippen molar-refractivity contribution >= 4 is 46.6 Å². The van der Waals surface area contributed by atoms with Gasteiger partial charge in [0.1, 0.15) is 29.3 Å². The minimum absolute atomic E-state index is 0.118. The van der Waals surface area contributed by atoms with E-state index in [1.807, 2.05) is 6.92 Å². The summed E-state index contributed by atoms with van der Waals surface area (Å²) >= 11 is 0. The molecule has 2 saturated heterocycles. The highest BCUT2D eigenvalue weighted by Gasteiger charge is 2.37. The first-order valence-electron chi connectivity index (χ1n) is 17.1. The smallest absolute Gasteiger partial charge is 0.409 e. The summed E-state index contributed by atoms with van der Waals surface area (Å²) in [5.41, 5.74) is 0.238. The molecule has 0 unspecified atom stereocenters. The van der Waals surface area contributed by atoms with Gasteiger partial charge in [-0.15, -0.1) is 0 Å². The van der Waals surface area contributed by atoms with Crippen molar-refractivity contribution in [1.82, 2.24) is 30.3 Å². The van der Waals surface area contributed by atoms with Gasteiger partial charge in [-0.05, 0) is 64.2 Å². The molecule has 3 N–H and O–H groups in total. The maximum Gasteiger partial charge on any atom is 0.409 e. The number of hydrogen-bond donors (Lipinski definition) is 3. The number of aliphatic carboxylic acids is 1. The second-order valence-electron chi connectivity index (χ2n) is 12.4. The van der Waals surface area contributed by atoms with Crippen LogP contribution in [0.5, 0.6) is 11.5 Å². The summed E-state index contributed by atoms with van der Waals surface area (Å²) in [6, 6.07) is 4.77. The van der Waals surface area contributed by atoms with Crippen LogP contribution in [0.4, 0.5) is 4.79 Å². The van der Waals surface area contributed by atoms with Gasteiger partial charge in [0.25, 0.3) is 11.8 Å². The number of aromatic nitrogens is 1. The largest absolute Gasteiger partial charge is 0.494 e.